The van der Waals surface area contributed by atoms with Crippen LogP contribution in [0.25, 0.3) is 0 Å². The number of amides is 1. The van der Waals surface area contributed by atoms with Gasteiger partial charge in [0, 0.05) is 11.3 Å². The van der Waals surface area contributed by atoms with E-state index >= 15 is 0 Å². The number of halogens is 1. The van der Waals surface area contributed by atoms with Crippen molar-refractivity contribution in [2.45, 2.75) is 0 Å². The molecule has 0 aliphatic heterocycles. The lowest BCUT2D eigenvalue weighted by Gasteiger charge is -2.13. The van der Waals surface area contributed by atoms with Crippen LogP contribution < -0.4 is 21.9 Å². The lowest BCUT2D eigenvalue weighted by atomic mass is 10.2. The Bertz CT molecular complexity index is 870. The van der Waals surface area contributed by atoms with Gasteiger partial charge in [0.15, 0.2) is 11.6 Å². The molecular weight excluding hydrogens is 323 g/mol. The fourth-order valence-electron chi connectivity index (χ4n) is 2.04. The smallest absolute Gasteiger partial charge is 0.269 e. The number of hydrogen-bond donors (Lipinski definition) is 4. The van der Waals surface area contributed by atoms with Crippen molar-refractivity contribution in [3.05, 3.63) is 72.3 Å². The van der Waals surface area contributed by atoms with Crippen molar-refractivity contribution in [3.63, 3.8) is 0 Å². The number of hydrogen-bond acceptors (Lipinski definition) is 6. The van der Waals surface area contributed by atoms with Gasteiger partial charge in [0.1, 0.15) is 17.8 Å². The molecule has 0 unspecified atom stereocenters. The largest absolute Gasteiger partial charge is 0.393 e. The molecule has 3 aromatic rings. The van der Waals surface area contributed by atoms with E-state index in [4.69, 9.17) is 5.73 Å². The average Bonchev–Trinajstić information content (AvgIpc) is 2.63. The number of nitrogens with two attached hydrogens (primary N) is 1. The number of anilines is 4. The number of nitrogens with zero attached hydrogens (tertiary/aromatic N) is 2. The highest BCUT2D eigenvalue weighted by atomic mass is 19.1. The van der Waals surface area contributed by atoms with Crippen molar-refractivity contribution < 1.29 is 9.18 Å². The number of hydrazine groups is 1. The molecule has 8 heteroatoms. The van der Waals surface area contributed by atoms with Gasteiger partial charge in [0.05, 0.1) is 0 Å². The van der Waals surface area contributed by atoms with Gasteiger partial charge in [-0.25, -0.2) is 14.4 Å². The maximum atomic E-state index is 12.9. The second-order valence-corrected chi connectivity index (χ2v) is 5.06. The topological polar surface area (TPSA) is 105 Å². The lowest BCUT2D eigenvalue weighted by Crippen LogP contribution is -2.30. The number of para-hydroxylation sites is 1. The first-order valence-electron chi connectivity index (χ1n) is 7.38. The zero-order valence-electron chi connectivity index (χ0n) is 13.0. The predicted molar refractivity (Wildman–Crippen MR) is 93.7 cm³/mol. The quantitative estimate of drug-likeness (QED) is 0.533. The molecular formula is C17H15FN6O. The molecule has 1 heterocycles. The highest BCUT2D eigenvalue weighted by Gasteiger charge is 2.10. The third-order valence-electron chi connectivity index (χ3n) is 3.32. The maximum absolute atomic E-state index is 12.9. The van der Waals surface area contributed by atoms with Gasteiger partial charge in [0.25, 0.3) is 5.91 Å². The Morgan fingerprint density at radius 1 is 0.960 bits per heavy atom. The van der Waals surface area contributed by atoms with Crippen LogP contribution in [-0.4, -0.2) is 15.9 Å². The molecule has 3 rings (SSSR count). The van der Waals surface area contributed by atoms with Gasteiger partial charge in [-0.05, 0) is 36.4 Å². The minimum atomic E-state index is -0.449. The summed E-state index contributed by atoms with van der Waals surface area (Å²) in [6.45, 7) is 0. The first kappa shape index (κ1) is 16.2. The van der Waals surface area contributed by atoms with Crippen LogP contribution in [0.1, 0.15) is 10.4 Å². The standard InChI is InChI=1S/C17H15FN6O/c18-12-8-6-11(7-9-12)17(25)24-23-16-14(19)15(20-10-21-16)22-13-4-2-1-3-5-13/h1-10H,19H2,(H,24,25)(H2,20,21,22,23). The number of aromatic nitrogens is 2. The van der Waals surface area contributed by atoms with Gasteiger partial charge in [-0.3, -0.25) is 15.6 Å². The van der Waals surface area contributed by atoms with Gasteiger partial charge in [0.2, 0.25) is 0 Å². The van der Waals surface area contributed by atoms with Gasteiger partial charge in [-0.15, -0.1) is 0 Å². The molecule has 0 aliphatic rings. The first-order chi connectivity index (χ1) is 12.1. The van der Waals surface area contributed by atoms with Crippen molar-refractivity contribution in [1.82, 2.24) is 15.4 Å². The first-order valence-corrected chi connectivity index (χ1v) is 7.38. The molecule has 2 aromatic carbocycles. The third-order valence-corrected chi connectivity index (χ3v) is 3.32. The van der Waals surface area contributed by atoms with E-state index in [1.807, 2.05) is 30.3 Å². The second kappa shape index (κ2) is 7.26. The summed E-state index contributed by atoms with van der Waals surface area (Å²) in [4.78, 5) is 20.1. The Morgan fingerprint density at radius 2 is 1.64 bits per heavy atom. The minimum Gasteiger partial charge on any atom is -0.393 e. The van der Waals surface area contributed by atoms with Crippen LogP contribution in [0, 0.1) is 5.82 Å². The molecule has 7 nitrogen and oxygen atoms in total. The Hall–Kier alpha value is -3.68. The molecule has 0 bridgehead atoms. The van der Waals surface area contributed by atoms with E-state index in [0.29, 0.717) is 11.4 Å². The molecule has 5 N–H and O–H groups in total. The van der Waals surface area contributed by atoms with Crippen molar-refractivity contribution in [3.8, 4) is 0 Å². The lowest BCUT2D eigenvalue weighted by molar-refractivity contribution is 0.0962. The molecule has 1 amide bonds. The predicted octanol–water partition coefficient (Wildman–Crippen LogP) is 2.70. The van der Waals surface area contributed by atoms with Gasteiger partial charge in [-0.2, -0.15) is 0 Å². The average molecular weight is 338 g/mol. The van der Waals surface area contributed by atoms with Crippen LogP contribution in [0.4, 0.5) is 27.4 Å². The van der Waals surface area contributed by atoms with Crippen molar-refractivity contribution in [2.24, 2.45) is 0 Å². The fourth-order valence-corrected chi connectivity index (χ4v) is 2.04. The Balaban J connectivity index is 1.69. The molecule has 0 aliphatic carbocycles. The van der Waals surface area contributed by atoms with Gasteiger partial charge >= 0.3 is 0 Å². The van der Waals surface area contributed by atoms with E-state index in [9.17, 15) is 9.18 Å². The Morgan fingerprint density at radius 3 is 2.36 bits per heavy atom. The van der Waals surface area contributed by atoms with E-state index in [1.54, 1.807) is 0 Å². The summed E-state index contributed by atoms with van der Waals surface area (Å²) in [6, 6.07) is 14.5. The van der Waals surface area contributed by atoms with Crippen LogP contribution in [0.3, 0.4) is 0 Å². The van der Waals surface area contributed by atoms with Crippen LogP contribution in [0.5, 0.6) is 0 Å². The maximum Gasteiger partial charge on any atom is 0.269 e. The zero-order chi connectivity index (χ0) is 17.6. The highest BCUT2D eigenvalue weighted by molar-refractivity contribution is 5.95. The van der Waals surface area contributed by atoms with E-state index in [1.165, 1.54) is 30.6 Å². The van der Waals surface area contributed by atoms with Crippen LogP contribution >= 0.6 is 0 Å². The van der Waals surface area contributed by atoms with Crippen molar-refractivity contribution >= 4 is 28.9 Å². The molecule has 0 atom stereocenters. The monoisotopic (exact) mass is 338 g/mol. The van der Waals surface area contributed by atoms with E-state index in [0.717, 1.165) is 5.69 Å². The summed E-state index contributed by atoms with van der Waals surface area (Å²) in [5, 5.41) is 3.07. The SMILES string of the molecule is Nc1c(NNC(=O)c2ccc(F)cc2)ncnc1Nc1ccccc1. The summed E-state index contributed by atoms with van der Waals surface area (Å²) >= 11 is 0. The zero-order valence-corrected chi connectivity index (χ0v) is 13.0. The van der Waals surface area contributed by atoms with Crippen molar-refractivity contribution in [2.75, 3.05) is 16.5 Å². The summed E-state index contributed by atoms with van der Waals surface area (Å²) < 4.78 is 12.9. The third kappa shape index (κ3) is 3.99. The number of carbonyl (C=O) groups is 1. The van der Waals surface area contributed by atoms with Gasteiger partial charge in [-0.1, -0.05) is 18.2 Å². The number of benzene rings is 2. The molecule has 0 saturated heterocycles. The number of nitrogen functional groups attached to an aromatic ring is 1. The summed E-state index contributed by atoms with van der Waals surface area (Å²) in [7, 11) is 0. The van der Waals surface area contributed by atoms with Crippen molar-refractivity contribution in [1.29, 1.82) is 0 Å². The molecule has 0 saturated carbocycles. The van der Waals surface area contributed by atoms with E-state index < -0.39 is 11.7 Å². The summed E-state index contributed by atoms with van der Waals surface area (Å²) in [5.74, 6) is -0.222. The number of carbonyl (C=O) groups excluding carboxylic acids is 1. The summed E-state index contributed by atoms with van der Waals surface area (Å²) in [5.41, 5.74) is 12.5. The normalized spacial score (nSPS) is 10.1. The molecule has 0 radical (unpaired) electrons. The van der Waals surface area contributed by atoms with Crippen LogP contribution in [-0.2, 0) is 0 Å². The summed E-state index contributed by atoms with van der Waals surface area (Å²) in [6.07, 6.45) is 1.31. The van der Waals surface area contributed by atoms with E-state index in [-0.39, 0.29) is 11.5 Å². The fraction of sp³-hybridized carbons (Fsp3) is 0. The van der Waals surface area contributed by atoms with Crippen LogP contribution in [0.2, 0.25) is 0 Å². The van der Waals surface area contributed by atoms with E-state index in [2.05, 4.69) is 26.1 Å². The number of nitrogens with one attached hydrogen (secondary N) is 3. The minimum absolute atomic E-state index is 0.240. The molecule has 126 valence electrons. The molecule has 0 fully saturated rings. The molecule has 0 spiro atoms. The Labute approximate surface area is 143 Å². The molecule has 1 aromatic heterocycles. The number of rotatable bonds is 5. The molecule has 25 heavy (non-hydrogen) atoms. The Kier molecular flexibility index (Phi) is 4.70. The van der Waals surface area contributed by atoms with Crippen LogP contribution in [0.15, 0.2) is 60.9 Å². The van der Waals surface area contributed by atoms with Gasteiger partial charge < -0.3 is 11.1 Å². The highest BCUT2D eigenvalue weighted by Crippen LogP contribution is 2.25. The second-order valence-electron chi connectivity index (χ2n) is 5.06.